The van der Waals surface area contributed by atoms with Crippen molar-refractivity contribution in [3.05, 3.63) is 35.4 Å². The molecule has 0 radical (unpaired) electrons. The minimum Gasteiger partial charge on any atom is -0.338 e. The Morgan fingerprint density at radius 2 is 2.04 bits per heavy atom. The summed E-state index contributed by atoms with van der Waals surface area (Å²) in [6, 6.07) is 9.08. The smallest absolute Gasteiger partial charge is 0.233 e. The van der Waals surface area contributed by atoms with E-state index in [9.17, 15) is 4.79 Å². The fourth-order valence-corrected chi connectivity index (χ4v) is 5.06. The van der Waals surface area contributed by atoms with Gasteiger partial charge < -0.3 is 4.90 Å². The summed E-state index contributed by atoms with van der Waals surface area (Å²) in [6.45, 7) is 0. The molecule has 2 aliphatic carbocycles. The molecule has 1 aromatic carbocycles. The van der Waals surface area contributed by atoms with Crippen molar-refractivity contribution in [1.29, 1.82) is 0 Å². The minimum absolute atomic E-state index is 0.137. The van der Waals surface area contributed by atoms with Crippen LogP contribution in [-0.2, 0) is 11.2 Å². The summed E-state index contributed by atoms with van der Waals surface area (Å²) in [4.78, 5) is 14.7. The van der Waals surface area contributed by atoms with Gasteiger partial charge in [0.15, 0.2) is 0 Å². The van der Waals surface area contributed by atoms with Gasteiger partial charge in [-0.3, -0.25) is 4.79 Å². The lowest BCUT2D eigenvalue weighted by molar-refractivity contribution is -0.129. The highest BCUT2D eigenvalue weighted by atomic mass is 32.2. The van der Waals surface area contributed by atoms with Crippen molar-refractivity contribution in [2.45, 2.75) is 62.2 Å². The largest absolute Gasteiger partial charge is 0.338 e. The Morgan fingerprint density at radius 1 is 1.23 bits per heavy atom. The van der Waals surface area contributed by atoms with Crippen LogP contribution in [0.2, 0.25) is 0 Å². The Bertz CT molecular complexity index is 771. The molecule has 4 rings (SSSR count). The molecule has 1 amide bonds. The molecule has 0 saturated heterocycles. The number of amides is 1. The number of benzene rings is 1. The van der Waals surface area contributed by atoms with Gasteiger partial charge in [-0.1, -0.05) is 48.9 Å². The molecule has 138 valence electrons. The van der Waals surface area contributed by atoms with Crippen LogP contribution in [0.25, 0.3) is 0 Å². The highest BCUT2D eigenvalue weighted by Gasteiger charge is 2.27. The first-order valence-electron chi connectivity index (χ1n) is 9.48. The maximum Gasteiger partial charge on any atom is 0.233 e. The first kappa shape index (κ1) is 17.5. The van der Waals surface area contributed by atoms with E-state index in [-0.39, 0.29) is 11.9 Å². The van der Waals surface area contributed by atoms with E-state index in [1.807, 2.05) is 16.6 Å². The lowest BCUT2D eigenvalue weighted by Gasteiger charge is -2.33. The number of nitrogens with zero attached hydrogens (tertiary/aromatic N) is 5. The Morgan fingerprint density at radius 3 is 2.88 bits per heavy atom. The summed E-state index contributed by atoms with van der Waals surface area (Å²) in [7, 11) is 1.93. The lowest BCUT2D eigenvalue weighted by Crippen LogP contribution is -2.34. The normalized spacial score (nSPS) is 20.1. The van der Waals surface area contributed by atoms with Gasteiger partial charge in [0.2, 0.25) is 11.1 Å². The zero-order valence-corrected chi connectivity index (χ0v) is 16.0. The SMILES string of the molecule is CN(C(=O)CSc1nnnn1C1CCCC1)[C@H]1CCCc2ccccc21. The molecular formula is C19H25N5OS. The molecule has 2 aromatic rings. The van der Waals surface area contributed by atoms with Gasteiger partial charge in [0.1, 0.15) is 0 Å². The Kier molecular flexibility index (Phi) is 5.24. The van der Waals surface area contributed by atoms with Crippen LogP contribution in [-0.4, -0.2) is 43.8 Å². The van der Waals surface area contributed by atoms with E-state index in [4.69, 9.17) is 0 Å². The number of thioether (sulfide) groups is 1. The first-order chi connectivity index (χ1) is 12.7. The minimum atomic E-state index is 0.137. The van der Waals surface area contributed by atoms with Crippen molar-refractivity contribution >= 4 is 17.7 Å². The van der Waals surface area contributed by atoms with Crippen LogP contribution in [0.15, 0.2) is 29.4 Å². The van der Waals surface area contributed by atoms with Crippen LogP contribution < -0.4 is 0 Å². The zero-order valence-electron chi connectivity index (χ0n) is 15.2. The van der Waals surface area contributed by atoms with Gasteiger partial charge >= 0.3 is 0 Å². The summed E-state index contributed by atoms with van der Waals surface area (Å²) in [5, 5.41) is 12.9. The van der Waals surface area contributed by atoms with E-state index in [1.54, 1.807) is 0 Å². The number of fused-ring (bicyclic) bond motifs is 1. The summed E-state index contributed by atoms with van der Waals surface area (Å²) in [6.07, 6.45) is 8.00. The third-order valence-corrected chi connectivity index (χ3v) is 6.57. The molecule has 0 spiro atoms. The van der Waals surface area contributed by atoms with E-state index < -0.39 is 0 Å². The van der Waals surface area contributed by atoms with Crippen molar-refractivity contribution < 1.29 is 4.79 Å². The van der Waals surface area contributed by atoms with E-state index in [1.165, 1.54) is 35.7 Å². The van der Waals surface area contributed by atoms with E-state index in [0.29, 0.717) is 11.8 Å². The number of aryl methyl sites for hydroxylation is 1. The summed E-state index contributed by atoms with van der Waals surface area (Å²) in [5.74, 6) is 0.514. The van der Waals surface area contributed by atoms with Gasteiger partial charge in [-0.15, -0.1) is 5.10 Å². The van der Waals surface area contributed by atoms with Crippen molar-refractivity contribution in [2.75, 3.05) is 12.8 Å². The molecule has 1 atom stereocenters. The number of tetrazole rings is 1. The van der Waals surface area contributed by atoms with E-state index >= 15 is 0 Å². The molecule has 6 nitrogen and oxygen atoms in total. The number of rotatable bonds is 5. The maximum absolute atomic E-state index is 12.8. The maximum atomic E-state index is 12.8. The van der Waals surface area contributed by atoms with E-state index in [2.05, 4.69) is 39.8 Å². The van der Waals surface area contributed by atoms with Crippen LogP contribution >= 0.6 is 11.8 Å². The average Bonchev–Trinajstić information content (AvgIpc) is 3.36. The standard InChI is InChI=1S/C19H25N5OS/c1-23(17-12-6-8-14-7-2-5-11-16(14)17)18(25)13-26-19-20-21-22-24(19)15-9-3-4-10-15/h2,5,7,11,15,17H,3-4,6,8-10,12-13H2,1H3/t17-/m0/s1. The van der Waals surface area contributed by atoms with Gasteiger partial charge in [-0.25, -0.2) is 4.68 Å². The van der Waals surface area contributed by atoms with Gasteiger partial charge in [-0.05, 0) is 53.7 Å². The monoisotopic (exact) mass is 371 g/mol. The zero-order chi connectivity index (χ0) is 17.9. The first-order valence-corrected chi connectivity index (χ1v) is 10.5. The second-order valence-electron chi connectivity index (χ2n) is 7.24. The second-order valence-corrected chi connectivity index (χ2v) is 8.19. The number of hydrogen-bond acceptors (Lipinski definition) is 5. The molecular weight excluding hydrogens is 346 g/mol. The highest BCUT2D eigenvalue weighted by molar-refractivity contribution is 7.99. The van der Waals surface area contributed by atoms with Crippen LogP contribution in [0.3, 0.4) is 0 Å². The number of carbonyl (C=O) groups excluding carboxylic acids is 1. The number of hydrogen-bond donors (Lipinski definition) is 0. The van der Waals surface area contributed by atoms with Gasteiger partial charge in [-0.2, -0.15) is 0 Å². The molecule has 7 heteroatoms. The number of carbonyl (C=O) groups is 1. The quantitative estimate of drug-likeness (QED) is 0.754. The fourth-order valence-electron chi connectivity index (χ4n) is 4.19. The van der Waals surface area contributed by atoms with Gasteiger partial charge in [0, 0.05) is 7.05 Å². The van der Waals surface area contributed by atoms with E-state index in [0.717, 1.165) is 37.3 Å². The molecule has 0 aliphatic heterocycles. The van der Waals surface area contributed by atoms with Crippen LogP contribution in [0.5, 0.6) is 0 Å². The van der Waals surface area contributed by atoms with Crippen molar-refractivity contribution in [2.24, 2.45) is 0 Å². The highest BCUT2D eigenvalue weighted by Crippen LogP contribution is 2.34. The summed E-state index contributed by atoms with van der Waals surface area (Å²) >= 11 is 1.46. The van der Waals surface area contributed by atoms with Crippen LogP contribution in [0.1, 0.15) is 61.7 Å². The molecule has 1 saturated carbocycles. The third kappa shape index (κ3) is 3.49. The van der Waals surface area contributed by atoms with Crippen molar-refractivity contribution in [3.8, 4) is 0 Å². The third-order valence-electron chi connectivity index (χ3n) is 5.66. The Labute approximate surface area is 158 Å². The molecule has 26 heavy (non-hydrogen) atoms. The van der Waals surface area contributed by atoms with Crippen LogP contribution in [0, 0.1) is 0 Å². The predicted octanol–water partition coefficient (Wildman–Crippen LogP) is 3.42. The second kappa shape index (κ2) is 7.78. The molecule has 1 fully saturated rings. The summed E-state index contributed by atoms with van der Waals surface area (Å²) in [5.41, 5.74) is 2.68. The fraction of sp³-hybridized carbons (Fsp3) is 0.579. The molecule has 1 heterocycles. The predicted molar refractivity (Wildman–Crippen MR) is 101 cm³/mol. The molecule has 0 unspecified atom stereocenters. The summed E-state index contributed by atoms with van der Waals surface area (Å²) < 4.78 is 1.92. The Hall–Kier alpha value is -1.89. The van der Waals surface area contributed by atoms with Crippen molar-refractivity contribution in [3.63, 3.8) is 0 Å². The molecule has 0 bridgehead atoms. The van der Waals surface area contributed by atoms with Crippen molar-refractivity contribution in [1.82, 2.24) is 25.1 Å². The van der Waals surface area contributed by atoms with Gasteiger partial charge in [0.25, 0.3) is 0 Å². The molecule has 2 aliphatic rings. The molecule has 1 aromatic heterocycles. The Balaban J connectivity index is 1.41. The van der Waals surface area contributed by atoms with Gasteiger partial charge in [0.05, 0.1) is 17.8 Å². The number of aromatic nitrogens is 4. The topological polar surface area (TPSA) is 63.9 Å². The van der Waals surface area contributed by atoms with Crippen LogP contribution in [0.4, 0.5) is 0 Å². The average molecular weight is 372 g/mol. The molecule has 0 N–H and O–H groups in total. The lowest BCUT2D eigenvalue weighted by atomic mass is 9.87.